The Hall–Kier alpha value is -2.34. The maximum Gasteiger partial charge on any atom is 0.251 e. The number of carbonyl (C=O) groups excluding carboxylic acids is 2. The van der Waals surface area contributed by atoms with E-state index >= 15 is 0 Å². The number of nitrogens with one attached hydrogen (secondary N) is 3. The molecule has 1 unspecified atom stereocenters. The van der Waals surface area contributed by atoms with Crippen molar-refractivity contribution < 1.29 is 14.3 Å². The average molecular weight is 345 g/mol. The predicted molar refractivity (Wildman–Crippen MR) is 97.7 cm³/mol. The van der Waals surface area contributed by atoms with Crippen molar-refractivity contribution in [1.29, 1.82) is 0 Å². The second-order valence-corrected chi connectivity index (χ2v) is 6.46. The molecule has 1 aromatic rings. The summed E-state index contributed by atoms with van der Waals surface area (Å²) in [6.07, 6.45) is 3.04. The maximum absolute atomic E-state index is 12.5. The average Bonchev–Trinajstić information content (AvgIpc) is 2.64. The number of amides is 2. The second kappa shape index (κ2) is 9.22. The van der Waals surface area contributed by atoms with E-state index in [9.17, 15) is 9.59 Å². The van der Waals surface area contributed by atoms with Crippen LogP contribution in [-0.4, -0.2) is 44.6 Å². The summed E-state index contributed by atoms with van der Waals surface area (Å²) >= 11 is 0. The molecule has 1 aliphatic rings. The van der Waals surface area contributed by atoms with Crippen molar-refractivity contribution in [1.82, 2.24) is 16.0 Å². The van der Waals surface area contributed by atoms with E-state index < -0.39 is 6.04 Å². The highest BCUT2D eigenvalue weighted by atomic mass is 16.5. The maximum atomic E-state index is 12.5. The Bertz CT molecular complexity index is 623. The Morgan fingerprint density at radius 3 is 2.52 bits per heavy atom. The molecule has 0 saturated carbocycles. The minimum absolute atomic E-state index is 0.01000. The van der Waals surface area contributed by atoms with E-state index in [4.69, 9.17) is 4.74 Å². The lowest BCUT2D eigenvalue weighted by molar-refractivity contribution is -0.123. The van der Waals surface area contributed by atoms with Gasteiger partial charge < -0.3 is 20.7 Å². The van der Waals surface area contributed by atoms with Crippen LogP contribution >= 0.6 is 0 Å². The molecule has 3 N–H and O–H groups in total. The van der Waals surface area contributed by atoms with Gasteiger partial charge in [0.15, 0.2) is 0 Å². The van der Waals surface area contributed by atoms with E-state index in [1.807, 2.05) is 13.8 Å². The Morgan fingerprint density at radius 2 is 1.96 bits per heavy atom. The molecule has 2 amide bonds. The summed E-state index contributed by atoms with van der Waals surface area (Å²) in [4.78, 5) is 24.9. The van der Waals surface area contributed by atoms with Crippen LogP contribution in [0.15, 0.2) is 35.9 Å². The van der Waals surface area contributed by atoms with Crippen LogP contribution in [0.1, 0.15) is 30.6 Å². The van der Waals surface area contributed by atoms with Gasteiger partial charge in [-0.2, -0.15) is 0 Å². The van der Waals surface area contributed by atoms with Crippen molar-refractivity contribution in [2.45, 2.75) is 26.3 Å². The fourth-order valence-corrected chi connectivity index (χ4v) is 2.64. The number of ether oxygens (including phenoxy) is 1. The van der Waals surface area contributed by atoms with Gasteiger partial charge in [0.05, 0.1) is 7.11 Å². The molecular weight excluding hydrogens is 318 g/mol. The van der Waals surface area contributed by atoms with E-state index in [0.29, 0.717) is 17.9 Å². The Kier molecular flexibility index (Phi) is 7.01. The summed E-state index contributed by atoms with van der Waals surface area (Å²) < 4.78 is 5.09. The second-order valence-electron chi connectivity index (χ2n) is 6.46. The van der Waals surface area contributed by atoms with Crippen molar-refractivity contribution in [3.63, 3.8) is 0 Å². The van der Waals surface area contributed by atoms with Gasteiger partial charge in [-0.1, -0.05) is 25.5 Å². The highest BCUT2D eigenvalue weighted by molar-refractivity contribution is 5.97. The predicted octanol–water partition coefficient (Wildman–Crippen LogP) is 1.49. The first kappa shape index (κ1) is 19.0. The number of hydrogen-bond acceptors (Lipinski definition) is 4. The molecule has 0 spiro atoms. The summed E-state index contributed by atoms with van der Waals surface area (Å²) in [5.41, 5.74) is 1.72. The third-order valence-corrected chi connectivity index (χ3v) is 4.24. The molecule has 0 aromatic heterocycles. The SMILES string of the molecule is COc1ccc(C(=O)NC(C(=O)NCC2=CCNCC2)C(C)C)cc1. The van der Waals surface area contributed by atoms with Crippen LogP contribution in [0.25, 0.3) is 0 Å². The van der Waals surface area contributed by atoms with Gasteiger partial charge in [-0.05, 0) is 43.1 Å². The monoisotopic (exact) mass is 345 g/mol. The van der Waals surface area contributed by atoms with Crippen LogP contribution in [0.3, 0.4) is 0 Å². The van der Waals surface area contributed by atoms with Gasteiger partial charge in [0, 0.05) is 18.7 Å². The third-order valence-electron chi connectivity index (χ3n) is 4.24. The van der Waals surface area contributed by atoms with Crippen molar-refractivity contribution in [3.05, 3.63) is 41.5 Å². The molecule has 0 saturated heterocycles. The fraction of sp³-hybridized carbons (Fsp3) is 0.474. The quantitative estimate of drug-likeness (QED) is 0.654. The van der Waals surface area contributed by atoms with E-state index in [2.05, 4.69) is 22.0 Å². The summed E-state index contributed by atoms with van der Waals surface area (Å²) in [7, 11) is 1.58. The molecule has 0 fully saturated rings. The molecule has 1 aliphatic heterocycles. The van der Waals surface area contributed by atoms with Gasteiger partial charge >= 0.3 is 0 Å². The number of rotatable bonds is 7. The first-order valence-corrected chi connectivity index (χ1v) is 8.62. The van der Waals surface area contributed by atoms with Gasteiger partial charge in [-0.15, -0.1) is 0 Å². The Balaban J connectivity index is 1.95. The van der Waals surface area contributed by atoms with E-state index in [1.165, 1.54) is 5.57 Å². The van der Waals surface area contributed by atoms with E-state index in [-0.39, 0.29) is 17.7 Å². The van der Waals surface area contributed by atoms with Gasteiger partial charge in [-0.3, -0.25) is 9.59 Å². The number of carbonyl (C=O) groups is 2. The number of benzene rings is 1. The molecule has 1 aromatic carbocycles. The topological polar surface area (TPSA) is 79.5 Å². The van der Waals surface area contributed by atoms with Crippen LogP contribution in [0, 0.1) is 5.92 Å². The lowest BCUT2D eigenvalue weighted by Gasteiger charge is -2.23. The summed E-state index contributed by atoms with van der Waals surface area (Å²) in [6.45, 7) is 6.14. The first-order chi connectivity index (χ1) is 12.0. The number of hydrogen-bond donors (Lipinski definition) is 3. The fourth-order valence-electron chi connectivity index (χ4n) is 2.64. The molecule has 0 aliphatic carbocycles. The Morgan fingerprint density at radius 1 is 1.24 bits per heavy atom. The summed E-state index contributed by atoms with van der Waals surface area (Å²) in [6, 6.07) is 6.25. The largest absolute Gasteiger partial charge is 0.497 e. The van der Waals surface area contributed by atoms with Gasteiger partial charge in [-0.25, -0.2) is 0 Å². The smallest absolute Gasteiger partial charge is 0.251 e. The van der Waals surface area contributed by atoms with Crippen LogP contribution in [0.2, 0.25) is 0 Å². The molecule has 0 bridgehead atoms. The number of methoxy groups -OCH3 is 1. The molecule has 0 radical (unpaired) electrons. The molecule has 136 valence electrons. The highest BCUT2D eigenvalue weighted by Crippen LogP contribution is 2.12. The molecule has 2 rings (SSSR count). The lowest BCUT2D eigenvalue weighted by Crippen LogP contribution is -2.50. The van der Waals surface area contributed by atoms with Crippen LogP contribution in [0.5, 0.6) is 5.75 Å². The zero-order valence-corrected chi connectivity index (χ0v) is 15.1. The summed E-state index contributed by atoms with van der Waals surface area (Å²) in [5.74, 6) is 0.253. The molecule has 1 atom stereocenters. The third kappa shape index (κ3) is 5.60. The van der Waals surface area contributed by atoms with Crippen LogP contribution in [0.4, 0.5) is 0 Å². The van der Waals surface area contributed by atoms with Crippen molar-refractivity contribution in [3.8, 4) is 5.75 Å². The lowest BCUT2D eigenvalue weighted by atomic mass is 10.0. The van der Waals surface area contributed by atoms with Crippen molar-refractivity contribution in [2.24, 2.45) is 5.92 Å². The molecule has 25 heavy (non-hydrogen) atoms. The normalized spacial score (nSPS) is 15.3. The zero-order chi connectivity index (χ0) is 18.2. The van der Waals surface area contributed by atoms with Crippen molar-refractivity contribution >= 4 is 11.8 Å². The van der Waals surface area contributed by atoms with E-state index in [1.54, 1.807) is 31.4 Å². The Labute approximate surface area is 149 Å². The minimum atomic E-state index is -0.572. The first-order valence-electron chi connectivity index (χ1n) is 8.62. The van der Waals surface area contributed by atoms with Crippen LogP contribution < -0.4 is 20.7 Å². The van der Waals surface area contributed by atoms with Gasteiger partial charge in [0.1, 0.15) is 11.8 Å². The standard InChI is InChI=1S/C19H27N3O3/c1-13(2)17(19(24)21-12-14-8-10-20-11-9-14)22-18(23)15-4-6-16(25-3)7-5-15/h4-8,13,17,20H,9-12H2,1-3H3,(H,21,24)(H,22,23). The van der Waals surface area contributed by atoms with Crippen molar-refractivity contribution in [2.75, 3.05) is 26.7 Å². The molecular formula is C19H27N3O3. The van der Waals surface area contributed by atoms with Gasteiger partial charge in [0.25, 0.3) is 5.91 Å². The summed E-state index contributed by atoms with van der Waals surface area (Å²) in [5, 5.41) is 9.01. The zero-order valence-electron chi connectivity index (χ0n) is 15.1. The van der Waals surface area contributed by atoms with Crippen LogP contribution in [-0.2, 0) is 4.79 Å². The molecule has 1 heterocycles. The van der Waals surface area contributed by atoms with E-state index in [0.717, 1.165) is 19.5 Å². The molecule has 6 nitrogen and oxygen atoms in total. The molecule has 6 heteroatoms. The van der Waals surface area contributed by atoms with Gasteiger partial charge in [0.2, 0.25) is 5.91 Å². The highest BCUT2D eigenvalue weighted by Gasteiger charge is 2.24. The minimum Gasteiger partial charge on any atom is -0.497 e.